The highest BCUT2D eigenvalue weighted by Gasteiger charge is 2.25. The molecule has 1 fully saturated rings. The number of benzene rings is 2. The third-order valence-electron chi connectivity index (χ3n) is 8.92. The number of carbonyl (C=O) groups excluding carboxylic acids is 2. The normalized spacial score (nSPS) is 16.3. The van der Waals surface area contributed by atoms with Gasteiger partial charge in [0.25, 0.3) is 0 Å². The number of amides is 2. The van der Waals surface area contributed by atoms with Gasteiger partial charge in [0.2, 0.25) is 18.2 Å². The van der Waals surface area contributed by atoms with Crippen LogP contribution in [0.5, 0.6) is 5.88 Å². The molecule has 0 spiro atoms. The van der Waals surface area contributed by atoms with E-state index < -0.39 is 5.60 Å². The highest BCUT2D eigenvalue weighted by molar-refractivity contribution is 5.95. The Morgan fingerprint density at radius 3 is 2.49 bits per heavy atom. The van der Waals surface area contributed by atoms with Gasteiger partial charge in [-0.1, -0.05) is 30.3 Å². The number of aromatic amines is 1. The largest absolute Gasteiger partial charge is 0.475 e. The van der Waals surface area contributed by atoms with Crippen molar-refractivity contribution in [3.8, 4) is 28.5 Å². The minimum Gasteiger partial charge on any atom is -0.475 e. The van der Waals surface area contributed by atoms with Crippen molar-refractivity contribution >= 4 is 34.5 Å². The molecule has 4 N–H and O–H groups in total. The van der Waals surface area contributed by atoms with Gasteiger partial charge in [0.15, 0.2) is 5.82 Å². The van der Waals surface area contributed by atoms with Crippen molar-refractivity contribution in [3.05, 3.63) is 78.8 Å². The number of hydrogen-bond acceptors (Lipinski definition) is 10. The molecule has 3 aromatic heterocycles. The molecule has 2 amide bonds. The van der Waals surface area contributed by atoms with E-state index in [0.29, 0.717) is 50.8 Å². The molecule has 1 atom stereocenters. The third-order valence-corrected chi connectivity index (χ3v) is 8.92. The Bertz CT molecular complexity index is 2030. The van der Waals surface area contributed by atoms with Crippen LogP contribution < -0.4 is 10.1 Å². The molecule has 2 aliphatic rings. The topological polar surface area (TPSA) is 175 Å². The Kier molecular flexibility index (Phi) is 11.6. The van der Waals surface area contributed by atoms with Gasteiger partial charge in [0, 0.05) is 60.6 Å². The number of anilines is 1. The second-order valence-corrected chi connectivity index (χ2v) is 14.3. The summed E-state index contributed by atoms with van der Waals surface area (Å²) >= 11 is 0. The molecule has 0 unspecified atom stereocenters. The minimum absolute atomic E-state index is 0.0848. The summed E-state index contributed by atoms with van der Waals surface area (Å²) in [5.41, 5.74) is 5.76. The summed E-state index contributed by atoms with van der Waals surface area (Å²) in [5, 5.41) is 34.9. The monoisotopic (exact) mass is 721 g/mol. The number of β-amino-alcohol motifs (C(OH)–C–C–N with tert-alkyl or cyclic N) is 1. The van der Waals surface area contributed by atoms with Crippen molar-refractivity contribution in [1.29, 1.82) is 0 Å². The lowest BCUT2D eigenvalue weighted by Gasteiger charge is -2.28. The average Bonchev–Trinajstić information content (AvgIpc) is 3.88. The van der Waals surface area contributed by atoms with E-state index in [1.54, 1.807) is 31.1 Å². The minimum atomic E-state index is -0.840. The number of fused-ring (bicyclic) bond motifs is 1. The first-order chi connectivity index (χ1) is 25.4. The van der Waals surface area contributed by atoms with E-state index in [-0.39, 0.29) is 18.1 Å². The van der Waals surface area contributed by atoms with Crippen LogP contribution in [-0.2, 0) is 16.1 Å². The molecule has 0 aliphatic carbocycles. The molecular formula is C39H47N9O5. The summed E-state index contributed by atoms with van der Waals surface area (Å²) in [6, 6.07) is 17.5. The van der Waals surface area contributed by atoms with Crippen LogP contribution in [0, 0.1) is 0 Å². The Hall–Kier alpha value is -5.44. The zero-order valence-electron chi connectivity index (χ0n) is 30.6. The Balaban J connectivity index is 0.000000192. The Morgan fingerprint density at radius 2 is 1.85 bits per heavy atom. The van der Waals surface area contributed by atoms with Crippen molar-refractivity contribution in [2.24, 2.45) is 0 Å². The molecule has 2 aromatic carbocycles. The maximum absolute atomic E-state index is 12.5. The Labute approximate surface area is 308 Å². The van der Waals surface area contributed by atoms with Gasteiger partial charge in [-0.25, -0.2) is 14.6 Å². The quantitative estimate of drug-likeness (QED) is 0.143. The van der Waals surface area contributed by atoms with E-state index in [1.807, 2.05) is 66.1 Å². The van der Waals surface area contributed by atoms with Crippen molar-refractivity contribution < 1.29 is 24.5 Å². The molecule has 2 aliphatic heterocycles. The summed E-state index contributed by atoms with van der Waals surface area (Å²) in [5.74, 6) is 1.35. The summed E-state index contributed by atoms with van der Waals surface area (Å²) in [7, 11) is 0. The van der Waals surface area contributed by atoms with Crippen molar-refractivity contribution in [1.82, 2.24) is 39.7 Å². The second-order valence-electron chi connectivity index (χ2n) is 14.3. The highest BCUT2D eigenvalue weighted by atomic mass is 16.5. The zero-order chi connectivity index (χ0) is 37.5. The number of nitrogens with one attached hydrogen (secondary N) is 2. The summed E-state index contributed by atoms with van der Waals surface area (Å²) in [6.07, 6.45) is 7.52. The van der Waals surface area contributed by atoms with Crippen molar-refractivity contribution in [3.63, 3.8) is 0 Å². The smallest absolute Gasteiger partial charge is 0.237 e. The first kappa shape index (κ1) is 37.3. The molecule has 1 saturated heterocycles. The summed E-state index contributed by atoms with van der Waals surface area (Å²) in [4.78, 5) is 35.7. The number of aliphatic hydroxyl groups excluding tert-OH is 1. The first-order valence-electron chi connectivity index (χ1n) is 17.9. The highest BCUT2D eigenvalue weighted by Crippen LogP contribution is 2.29. The molecule has 0 saturated carbocycles. The van der Waals surface area contributed by atoms with Crippen LogP contribution in [0.2, 0.25) is 0 Å². The molecule has 0 radical (unpaired) electrons. The molecule has 5 aromatic rings. The number of carbonyl (C=O) groups is 2. The predicted molar refractivity (Wildman–Crippen MR) is 203 cm³/mol. The SMILES string of the molecule is CC(C)(O)Cn1cnc(-c2ccc(C3=CCN(C(=O)CN4CC[C@H](O)C4)CC3)cc2)n1.CC(C)Oc1ccc(-c2n[nH]c3ccc(NC=O)cc23)cn1. The second kappa shape index (κ2) is 16.5. The first-order valence-corrected chi connectivity index (χ1v) is 17.9. The van der Waals surface area contributed by atoms with Crippen LogP contribution in [0.3, 0.4) is 0 Å². The molecular weight excluding hydrogens is 674 g/mol. The lowest BCUT2D eigenvalue weighted by Crippen LogP contribution is -2.41. The van der Waals surface area contributed by atoms with Crippen LogP contribution in [0.4, 0.5) is 5.69 Å². The van der Waals surface area contributed by atoms with Gasteiger partial charge < -0.3 is 25.2 Å². The molecule has 5 heterocycles. The van der Waals surface area contributed by atoms with Crippen LogP contribution in [0.25, 0.3) is 39.1 Å². The number of aromatic nitrogens is 6. The molecule has 0 bridgehead atoms. The predicted octanol–water partition coefficient (Wildman–Crippen LogP) is 4.38. The maximum Gasteiger partial charge on any atom is 0.237 e. The van der Waals surface area contributed by atoms with Gasteiger partial charge in [0.05, 0.1) is 36.4 Å². The van der Waals surface area contributed by atoms with E-state index >= 15 is 0 Å². The number of rotatable bonds is 11. The number of aliphatic hydroxyl groups is 2. The van der Waals surface area contributed by atoms with Crippen LogP contribution in [0.1, 0.15) is 46.1 Å². The lowest BCUT2D eigenvalue weighted by molar-refractivity contribution is -0.131. The third kappa shape index (κ3) is 9.92. The molecule has 53 heavy (non-hydrogen) atoms. The van der Waals surface area contributed by atoms with Crippen LogP contribution in [-0.4, -0.2) is 113 Å². The maximum atomic E-state index is 12.5. The van der Waals surface area contributed by atoms with E-state index in [0.717, 1.165) is 58.4 Å². The number of pyridine rings is 1. The zero-order valence-corrected chi connectivity index (χ0v) is 30.6. The van der Waals surface area contributed by atoms with E-state index in [2.05, 4.69) is 48.8 Å². The van der Waals surface area contributed by atoms with Crippen molar-refractivity contribution in [2.45, 2.75) is 64.9 Å². The molecule has 14 nitrogen and oxygen atoms in total. The van der Waals surface area contributed by atoms with Gasteiger partial charge in [0.1, 0.15) is 12.0 Å². The fourth-order valence-electron chi connectivity index (χ4n) is 6.36. The number of nitrogens with zero attached hydrogens (tertiary/aromatic N) is 7. The molecule has 278 valence electrons. The molecule has 7 rings (SSSR count). The number of ether oxygens (including phenoxy) is 1. The summed E-state index contributed by atoms with van der Waals surface area (Å²) < 4.78 is 7.19. The standard InChI is InChI=1S/C23H31N5O3.C16H16N4O2/c1-23(2,31)15-28-16-24-22(25-28)19-5-3-17(4-6-19)18-7-11-27(12-8-18)21(30)14-26-10-9-20(29)13-26;1-10(2)22-15-6-3-11(8-17-15)16-13-7-12(18-9-21)4-5-14(13)19-20-16/h3-7,16,20,29,31H,8-15H2,1-2H3;3-10H,1-2H3,(H,18,21)(H,19,20)/t20-;/m0./s1. The number of hydrogen-bond donors (Lipinski definition) is 4. The average molecular weight is 722 g/mol. The fraction of sp³-hybridized carbons (Fsp3) is 0.385. The van der Waals surface area contributed by atoms with Gasteiger partial charge in [-0.2, -0.15) is 10.2 Å². The van der Waals surface area contributed by atoms with Gasteiger partial charge >= 0.3 is 0 Å². The fourth-order valence-corrected chi connectivity index (χ4v) is 6.36. The van der Waals surface area contributed by atoms with Crippen LogP contribution >= 0.6 is 0 Å². The van der Waals surface area contributed by atoms with E-state index in [1.165, 1.54) is 5.57 Å². The number of H-pyrrole nitrogens is 1. The van der Waals surface area contributed by atoms with Gasteiger partial charge in [-0.05, 0) is 75.9 Å². The van der Waals surface area contributed by atoms with Crippen LogP contribution in [0.15, 0.2) is 73.2 Å². The number of likely N-dealkylation sites (tertiary alicyclic amines) is 1. The lowest BCUT2D eigenvalue weighted by atomic mass is 9.98. The van der Waals surface area contributed by atoms with Crippen molar-refractivity contribution in [2.75, 3.05) is 38.0 Å². The van der Waals surface area contributed by atoms with Gasteiger partial charge in [-0.3, -0.25) is 19.6 Å². The molecule has 14 heteroatoms. The summed E-state index contributed by atoms with van der Waals surface area (Å²) in [6.45, 7) is 10.9. The van der Waals surface area contributed by atoms with Gasteiger partial charge in [-0.15, -0.1) is 0 Å². The van der Waals surface area contributed by atoms with E-state index in [9.17, 15) is 19.8 Å². The Morgan fingerprint density at radius 1 is 1.08 bits per heavy atom. The van der Waals surface area contributed by atoms with E-state index in [4.69, 9.17) is 4.74 Å².